The highest BCUT2D eigenvalue weighted by Crippen LogP contribution is 2.31. The van der Waals surface area contributed by atoms with Crippen LogP contribution in [0.2, 0.25) is 0 Å². The highest BCUT2D eigenvalue weighted by Gasteiger charge is 2.15. The van der Waals surface area contributed by atoms with Gasteiger partial charge in [0.05, 0.1) is 18.7 Å². The number of hydrogen-bond acceptors (Lipinski definition) is 5. The maximum absolute atomic E-state index is 11.5. The first-order chi connectivity index (χ1) is 9.06. The van der Waals surface area contributed by atoms with Gasteiger partial charge in [-0.05, 0) is 19.1 Å². The van der Waals surface area contributed by atoms with E-state index in [9.17, 15) is 15.0 Å². The van der Waals surface area contributed by atoms with Crippen LogP contribution in [0.5, 0.6) is 11.5 Å². The summed E-state index contributed by atoms with van der Waals surface area (Å²) in [6.07, 6.45) is 0. The van der Waals surface area contributed by atoms with E-state index in [1.54, 1.807) is 20.1 Å². The van der Waals surface area contributed by atoms with Gasteiger partial charge in [-0.1, -0.05) is 6.07 Å². The summed E-state index contributed by atoms with van der Waals surface area (Å²) in [5.41, 5.74) is 0.382. The van der Waals surface area contributed by atoms with E-state index in [1.807, 2.05) is 0 Å². The first kappa shape index (κ1) is 15.3. The quantitative estimate of drug-likeness (QED) is 0.541. The number of rotatable bonds is 7. The van der Waals surface area contributed by atoms with Crippen LogP contribution < -0.4 is 10.6 Å². The number of phenolic OH excluding ortho intramolecular Hbond substituents is 2. The van der Waals surface area contributed by atoms with Crippen molar-refractivity contribution in [1.82, 2.24) is 10.6 Å². The van der Waals surface area contributed by atoms with E-state index in [4.69, 9.17) is 4.74 Å². The van der Waals surface area contributed by atoms with Crippen LogP contribution in [0.15, 0.2) is 18.2 Å². The normalized spacial score (nSPS) is 12.1. The molecule has 6 nitrogen and oxygen atoms in total. The topological polar surface area (TPSA) is 90.8 Å². The summed E-state index contributed by atoms with van der Waals surface area (Å²) in [4.78, 5) is 11.5. The van der Waals surface area contributed by atoms with Crippen LogP contribution in [0.4, 0.5) is 0 Å². The Labute approximate surface area is 112 Å². The molecule has 1 atom stereocenters. The summed E-state index contributed by atoms with van der Waals surface area (Å²) >= 11 is 0. The zero-order valence-electron chi connectivity index (χ0n) is 11.1. The van der Waals surface area contributed by atoms with E-state index < -0.39 is 0 Å². The maximum atomic E-state index is 11.5. The van der Waals surface area contributed by atoms with Gasteiger partial charge in [0.15, 0.2) is 0 Å². The van der Waals surface area contributed by atoms with E-state index in [1.165, 1.54) is 12.1 Å². The Morgan fingerprint density at radius 2 is 2.00 bits per heavy atom. The summed E-state index contributed by atoms with van der Waals surface area (Å²) < 4.78 is 4.82. The minimum absolute atomic E-state index is 0.000193. The second-order valence-corrected chi connectivity index (χ2v) is 4.16. The fourth-order valence-electron chi connectivity index (χ4n) is 1.69. The molecule has 0 aliphatic heterocycles. The molecule has 0 saturated heterocycles. The molecule has 0 radical (unpaired) electrons. The Hall–Kier alpha value is -1.79. The molecule has 4 N–H and O–H groups in total. The third-order valence-corrected chi connectivity index (χ3v) is 2.69. The number of carbonyl (C=O) groups is 1. The lowest BCUT2D eigenvalue weighted by molar-refractivity contribution is -0.120. The first-order valence-corrected chi connectivity index (χ1v) is 6.06. The Bertz CT molecular complexity index is 403. The molecule has 0 aromatic heterocycles. The fourth-order valence-corrected chi connectivity index (χ4v) is 1.69. The van der Waals surface area contributed by atoms with Crippen molar-refractivity contribution in [2.24, 2.45) is 0 Å². The molecule has 1 aromatic rings. The van der Waals surface area contributed by atoms with Crippen molar-refractivity contribution in [2.75, 3.05) is 26.8 Å². The molecule has 6 heteroatoms. The van der Waals surface area contributed by atoms with Gasteiger partial charge in [0.2, 0.25) is 5.91 Å². The molecule has 19 heavy (non-hydrogen) atoms. The number of ether oxygens (including phenoxy) is 1. The van der Waals surface area contributed by atoms with Crippen molar-refractivity contribution < 1.29 is 19.7 Å². The Morgan fingerprint density at radius 1 is 1.37 bits per heavy atom. The minimum Gasteiger partial charge on any atom is -0.507 e. The second-order valence-electron chi connectivity index (χ2n) is 4.16. The molecule has 0 saturated carbocycles. The number of carbonyl (C=O) groups excluding carboxylic acids is 1. The van der Waals surface area contributed by atoms with Gasteiger partial charge in [-0.15, -0.1) is 0 Å². The molecule has 106 valence electrons. The van der Waals surface area contributed by atoms with E-state index in [-0.39, 0.29) is 30.0 Å². The average Bonchev–Trinajstić information content (AvgIpc) is 2.36. The largest absolute Gasteiger partial charge is 0.507 e. The summed E-state index contributed by atoms with van der Waals surface area (Å²) in [6.45, 7) is 2.77. The molecular formula is C13H20N2O4. The van der Waals surface area contributed by atoms with Crippen molar-refractivity contribution in [3.05, 3.63) is 23.8 Å². The number of phenols is 2. The minimum atomic E-state index is -0.339. The molecule has 1 unspecified atom stereocenters. The van der Waals surface area contributed by atoms with Gasteiger partial charge >= 0.3 is 0 Å². The number of methoxy groups -OCH3 is 1. The summed E-state index contributed by atoms with van der Waals surface area (Å²) in [5, 5.41) is 25.0. The smallest absolute Gasteiger partial charge is 0.234 e. The monoisotopic (exact) mass is 268 g/mol. The Kier molecular flexibility index (Phi) is 6.11. The fraction of sp³-hybridized carbons (Fsp3) is 0.462. The van der Waals surface area contributed by atoms with Crippen LogP contribution in [0, 0.1) is 0 Å². The van der Waals surface area contributed by atoms with Crippen molar-refractivity contribution in [1.29, 1.82) is 0 Å². The summed E-state index contributed by atoms with van der Waals surface area (Å²) in [7, 11) is 1.56. The molecule has 0 spiro atoms. The van der Waals surface area contributed by atoms with E-state index >= 15 is 0 Å². The van der Waals surface area contributed by atoms with Gasteiger partial charge < -0.3 is 25.6 Å². The number of benzene rings is 1. The highest BCUT2D eigenvalue weighted by molar-refractivity contribution is 5.78. The zero-order valence-corrected chi connectivity index (χ0v) is 11.1. The van der Waals surface area contributed by atoms with Crippen LogP contribution in [-0.2, 0) is 9.53 Å². The Balaban J connectivity index is 2.47. The van der Waals surface area contributed by atoms with E-state index in [0.29, 0.717) is 18.7 Å². The van der Waals surface area contributed by atoms with Crippen molar-refractivity contribution in [2.45, 2.75) is 13.0 Å². The third kappa shape index (κ3) is 4.76. The highest BCUT2D eigenvalue weighted by atomic mass is 16.5. The van der Waals surface area contributed by atoms with Gasteiger partial charge in [-0.2, -0.15) is 0 Å². The standard InChI is InChI=1S/C13H20N2O4/c1-9(13-10(16)4-3-5-11(13)17)15-8-12(18)14-6-7-19-2/h3-5,9,15-17H,6-8H2,1-2H3,(H,14,18). The molecule has 0 heterocycles. The summed E-state index contributed by atoms with van der Waals surface area (Å²) in [5.74, 6) is -0.168. The van der Waals surface area contributed by atoms with Crippen molar-refractivity contribution in [3.63, 3.8) is 0 Å². The number of nitrogens with one attached hydrogen (secondary N) is 2. The molecule has 1 rings (SSSR count). The molecule has 0 aliphatic rings. The lowest BCUT2D eigenvalue weighted by Crippen LogP contribution is -2.36. The van der Waals surface area contributed by atoms with E-state index in [2.05, 4.69) is 10.6 Å². The van der Waals surface area contributed by atoms with Crippen molar-refractivity contribution >= 4 is 5.91 Å². The molecular weight excluding hydrogens is 248 g/mol. The molecule has 1 aromatic carbocycles. The van der Waals surface area contributed by atoms with Gasteiger partial charge in [-0.25, -0.2) is 0 Å². The number of amides is 1. The molecule has 0 aliphatic carbocycles. The zero-order chi connectivity index (χ0) is 14.3. The SMILES string of the molecule is COCCNC(=O)CNC(C)c1c(O)cccc1O. The maximum Gasteiger partial charge on any atom is 0.234 e. The second kappa shape index (κ2) is 7.60. The van der Waals surface area contributed by atoms with Crippen LogP contribution in [0.1, 0.15) is 18.5 Å². The lowest BCUT2D eigenvalue weighted by Gasteiger charge is -2.16. The number of aromatic hydroxyl groups is 2. The van der Waals surface area contributed by atoms with Crippen LogP contribution >= 0.6 is 0 Å². The number of hydrogen-bond donors (Lipinski definition) is 4. The molecule has 0 bridgehead atoms. The average molecular weight is 268 g/mol. The van der Waals surface area contributed by atoms with Crippen LogP contribution in [-0.4, -0.2) is 42.9 Å². The van der Waals surface area contributed by atoms with Gasteiger partial charge in [0.1, 0.15) is 11.5 Å². The predicted molar refractivity (Wildman–Crippen MR) is 71.1 cm³/mol. The third-order valence-electron chi connectivity index (χ3n) is 2.69. The molecule has 0 fully saturated rings. The Morgan fingerprint density at radius 3 is 2.58 bits per heavy atom. The van der Waals surface area contributed by atoms with Crippen LogP contribution in [0.25, 0.3) is 0 Å². The van der Waals surface area contributed by atoms with E-state index in [0.717, 1.165) is 0 Å². The van der Waals surface area contributed by atoms with Gasteiger partial charge in [0, 0.05) is 19.7 Å². The summed E-state index contributed by atoms with van der Waals surface area (Å²) in [6, 6.07) is 4.20. The van der Waals surface area contributed by atoms with Gasteiger partial charge in [0.25, 0.3) is 0 Å². The molecule has 1 amide bonds. The van der Waals surface area contributed by atoms with Crippen LogP contribution in [0.3, 0.4) is 0 Å². The van der Waals surface area contributed by atoms with Crippen molar-refractivity contribution in [3.8, 4) is 11.5 Å². The van der Waals surface area contributed by atoms with Gasteiger partial charge in [-0.3, -0.25) is 4.79 Å². The first-order valence-electron chi connectivity index (χ1n) is 6.06. The predicted octanol–water partition coefficient (Wildman–Crippen LogP) is 0.511. The lowest BCUT2D eigenvalue weighted by atomic mass is 10.1.